The fourth-order valence-electron chi connectivity index (χ4n) is 2.68. The molecule has 1 aliphatic heterocycles. The molecule has 0 saturated carbocycles. The molecule has 1 N–H and O–H groups in total. The predicted molar refractivity (Wildman–Crippen MR) is 90.0 cm³/mol. The minimum absolute atomic E-state index is 0.122. The number of hydrogen-bond acceptors (Lipinski definition) is 4. The number of aromatic nitrogens is 1. The summed E-state index contributed by atoms with van der Waals surface area (Å²) in [6.45, 7) is 2.41. The van der Waals surface area contributed by atoms with Crippen molar-refractivity contribution in [1.29, 1.82) is 0 Å². The van der Waals surface area contributed by atoms with E-state index in [0.29, 0.717) is 5.92 Å². The van der Waals surface area contributed by atoms with E-state index in [1.807, 2.05) is 49.2 Å². The maximum Gasteiger partial charge on any atom is 0.246 e. The third kappa shape index (κ3) is 4.56. The Labute approximate surface area is 133 Å². The van der Waals surface area contributed by atoms with Gasteiger partial charge in [0.05, 0.1) is 0 Å². The van der Waals surface area contributed by atoms with Crippen molar-refractivity contribution >= 4 is 11.7 Å². The summed E-state index contributed by atoms with van der Waals surface area (Å²) in [5.41, 5.74) is 1.13. The van der Waals surface area contributed by atoms with Gasteiger partial charge in [-0.1, -0.05) is 12.1 Å². The van der Waals surface area contributed by atoms with Crippen LogP contribution in [0.3, 0.4) is 0 Å². The first-order valence-corrected chi connectivity index (χ1v) is 7.85. The number of carbonyl (C=O) groups is 1. The zero-order chi connectivity index (χ0) is 15.9. The van der Waals surface area contributed by atoms with Crippen LogP contribution in [-0.4, -0.2) is 61.5 Å². The largest absolute Gasteiger partial charge is 0.373 e. The molecule has 1 amide bonds. The van der Waals surface area contributed by atoms with Crippen LogP contribution in [0.25, 0.3) is 0 Å². The molecule has 1 aromatic heterocycles. The van der Waals surface area contributed by atoms with E-state index in [1.165, 1.54) is 0 Å². The Kier molecular flexibility index (Phi) is 5.95. The molecule has 5 heteroatoms. The highest BCUT2D eigenvalue weighted by Gasteiger charge is 2.23. The monoisotopic (exact) mass is 302 g/mol. The number of nitrogens with one attached hydrogen (secondary N) is 1. The molecule has 0 radical (unpaired) electrons. The van der Waals surface area contributed by atoms with Crippen LogP contribution in [-0.2, 0) is 4.79 Å². The van der Waals surface area contributed by atoms with Crippen LogP contribution in [0.5, 0.6) is 0 Å². The van der Waals surface area contributed by atoms with Crippen molar-refractivity contribution in [2.45, 2.75) is 18.8 Å². The molecular weight excluding hydrogens is 276 g/mol. The molecule has 5 nitrogen and oxygen atoms in total. The SMILES string of the molecule is CNc1cccc(C2CCN(C(=O)/C=C/CN(C)C)CC2)n1. The van der Waals surface area contributed by atoms with Crippen molar-refractivity contribution in [2.24, 2.45) is 0 Å². The first-order chi connectivity index (χ1) is 10.6. The van der Waals surface area contributed by atoms with E-state index >= 15 is 0 Å². The summed E-state index contributed by atoms with van der Waals surface area (Å²) in [6.07, 6.45) is 5.58. The molecule has 0 bridgehead atoms. The Morgan fingerprint density at radius 2 is 2.14 bits per heavy atom. The minimum Gasteiger partial charge on any atom is -0.373 e. The number of pyridine rings is 1. The zero-order valence-corrected chi connectivity index (χ0v) is 13.7. The highest BCUT2D eigenvalue weighted by molar-refractivity contribution is 5.87. The summed E-state index contributed by atoms with van der Waals surface area (Å²) in [5.74, 6) is 1.47. The van der Waals surface area contributed by atoms with E-state index in [0.717, 1.165) is 44.0 Å². The van der Waals surface area contributed by atoms with Gasteiger partial charge in [-0.2, -0.15) is 0 Å². The van der Waals surface area contributed by atoms with E-state index in [4.69, 9.17) is 0 Å². The first-order valence-electron chi connectivity index (χ1n) is 7.85. The molecular formula is C17H26N4O. The highest BCUT2D eigenvalue weighted by Crippen LogP contribution is 2.27. The lowest BCUT2D eigenvalue weighted by molar-refractivity contribution is -0.127. The Balaban J connectivity index is 1.87. The second-order valence-corrected chi connectivity index (χ2v) is 5.96. The van der Waals surface area contributed by atoms with Crippen LogP contribution in [0.1, 0.15) is 24.5 Å². The molecule has 1 saturated heterocycles. The predicted octanol–water partition coefficient (Wildman–Crippen LogP) is 1.95. The molecule has 2 rings (SSSR count). The molecule has 1 aromatic rings. The maximum atomic E-state index is 12.1. The summed E-state index contributed by atoms with van der Waals surface area (Å²) >= 11 is 0. The second-order valence-electron chi connectivity index (χ2n) is 5.96. The number of amides is 1. The van der Waals surface area contributed by atoms with E-state index in [2.05, 4.69) is 16.4 Å². The van der Waals surface area contributed by atoms with Crippen LogP contribution >= 0.6 is 0 Å². The van der Waals surface area contributed by atoms with Gasteiger partial charge in [-0.25, -0.2) is 4.98 Å². The molecule has 120 valence electrons. The Bertz CT molecular complexity index is 519. The first kappa shape index (κ1) is 16.5. The van der Waals surface area contributed by atoms with Crippen molar-refractivity contribution in [2.75, 3.05) is 46.1 Å². The minimum atomic E-state index is 0.122. The van der Waals surface area contributed by atoms with Gasteiger partial charge in [-0.05, 0) is 39.1 Å². The van der Waals surface area contributed by atoms with Crippen molar-refractivity contribution < 1.29 is 4.79 Å². The number of hydrogen-bond donors (Lipinski definition) is 1. The lowest BCUT2D eigenvalue weighted by Gasteiger charge is -2.31. The molecule has 0 aromatic carbocycles. The van der Waals surface area contributed by atoms with Crippen molar-refractivity contribution in [3.63, 3.8) is 0 Å². The van der Waals surface area contributed by atoms with Crippen LogP contribution in [0.15, 0.2) is 30.4 Å². The number of nitrogens with zero attached hydrogens (tertiary/aromatic N) is 3. The molecule has 0 spiro atoms. The summed E-state index contributed by atoms with van der Waals surface area (Å²) in [6, 6.07) is 6.09. The lowest BCUT2D eigenvalue weighted by atomic mass is 9.93. The summed E-state index contributed by atoms with van der Waals surface area (Å²) in [5, 5.41) is 3.08. The number of rotatable bonds is 5. The van der Waals surface area contributed by atoms with Gasteiger partial charge in [0.25, 0.3) is 0 Å². The molecule has 1 aliphatic rings. The summed E-state index contributed by atoms with van der Waals surface area (Å²) < 4.78 is 0. The van der Waals surface area contributed by atoms with E-state index < -0.39 is 0 Å². The fourth-order valence-corrected chi connectivity index (χ4v) is 2.68. The van der Waals surface area contributed by atoms with Gasteiger partial charge in [0.2, 0.25) is 5.91 Å². The molecule has 0 atom stereocenters. The summed E-state index contributed by atoms with van der Waals surface area (Å²) in [7, 11) is 5.87. The van der Waals surface area contributed by atoms with Gasteiger partial charge in [0, 0.05) is 44.4 Å². The van der Waals surface area contributed by atoms with Gasteiger partial charge in [-0.3, -0.25) is 4.79 Å². The van der Waals surface area contributed by atoms with Crippen LogP contribution in [0.2, 0.25) is 0 Å². The molecule has 22 heavy (non-hydrogen) atoms. The van der Waals surface area contributed by atoms with Crippen molar-refractivity contribution in [3.05, 3.63) is 36.0 Å². The van der Waals surface area contributed by atoms with Gasteiger partial charge >= 0.3 is 0 Å². The Morgan fingerprint density at radius 1 is 1.41 bits per heavy atom. The third-order valence-electron chi connectivity index (χ3n) is 3.98. The third-order valence-corrected chi connectivity index (χ3v) is 3.98. The van der Waals surface area contributed by atoms with Crippen LogP contribution in [0, 0.1) is 0 Å². The van der Waals surface area contributed by atoms with E-state index in [9.17, 15) is 4.79 Å². The lowest BCUT2D eigenvalue weighted by Crippen LogP contribution is -2.37. The van der Waals surface area contributed by atoms with Gasteiger partial charge in [0.15, 0.2) is 0 Å². The van der Waals surface area contributed by atoms with Gasteiger partial charge in [0.1, 0.15) is 5.82 Å². The average Bonchev–Trinajstić information content (AvgIpc) is 2.54. The Morgan fingerprint density at radius 3 is 2.77 bits per heavy atom. The molecule has 0 unspecified atom stereocenters. The number of carbonyl (C=O) groups excluding carboxylic acids is 1. The Hall–Kier alpha value is -1.88. The maximum absolute atomic E-state index is 12.1. The second kappa shape index (κ2) is 7.94. The molecule has 1 fully saturated rings. The van der Waals surface area contributed by atoms with Crippen LogP contribution < -0.4 is 5.32 Å². The molecule has 0 aliphatic carbocycles. The number of anilines is 1. The number of likely N-dealkylation sites (N-methyl/N-ethyl adjacent to an activating group) is 1. The van der Waals surface area contributed by atoms with Gasteiger partial charge < -0.3 is 15.1 Å². The smallest absolute Gasteiger partial charge is 0.246 e. The van der Waals surface area contributed by atoms with E-state index in [1.54, 1.807) is 6.08 Å². The summed E-state index contributed by atoms with van der Waals surface area (Å²) in [4.78, 5) is 20.7. The zero-order valence-electron chi connectivity index (χ0n) is 13.7. The average molecular weight is 302 g/mol. The van der Waals surface area contributed by atoms with Gasteiger partial charge in [-0.15, -0.1) is 0 Å². The highest BCUT2D eigenvalue weighted by atomic mass is 16.2. The topological polar surface area (TPSA) is 48.5 Å². The van der Waals surface area contributed by atoms with Crippen LogP contribution in [0.4, 0.5) is 5.82 Å². The normalized spacial score (nSPS) is 16.5. The fraction of sp³-hybridized carbons (Fsp3) is 0.529. The number of piperidine rings is 1. The molecule has 2 heterocycles. The van der Waals surface area contributed by atoms with Crippen molar-refractivity contribution in [1.82, 2.24) is 14.8 Å². The quantitative estimate of drug-likeness (QED) is 0.845. The van der Waals surface area contributed by atoms with Crippen molar-refractivity contribution in [3.8, 4) is 0 Å². The standard InChI is InChI=1S/C17H26N4O/c1-18-16-7-4-6-15(19-16)14-9-12-21(13-10-14)17(22)8-5-11-20(2)3/h4-8,14H,9-13H2,1-3H3,(H,18,19)/b8-5+. The van der Waals surface area contributed by atoms with E-state index in [-0.39, 0.29) is 5.91 Å². The number of likely N-dealkylation sites (tertiary alicyclic amines) is 1.